The van der Waals surface area contributed by atoms with Gasteiger partial charge in [-0.15, -0.1) is 11.3 Å². The number of carbonyl (C=O) groups is 2. The summed E-state index contributed by atoms with van der Waals surface area (Å²) >= 11 is 1.46. The summed E-state index contributed by atoms with van der Waals surface area (Å²) in [5.74, 6) is -0.558. The first kappa shape index (κ1) is 11.3. The van der Waals surface area contributed by atoms with Crippen LogP contribution in [0.5, 0.6) is 0 Å². The lowest BCUT2D eigenvalue weighted by molar-refractivity contribution is 0.0926. The number of hydrogen-bond acceptors (Lipinski definition) is 4. The van der Waals surface area contributed by atoms with Crippen molar-refractivity contribution in [3.05, 3.63) is 59.1 Å². The zero-order valence-corrected chi connectivity index (χ0v) is 11.1. The highest BCUT2D eigenvalue weighted by Crippen LogP contribution is 2.32. The summed E-state index contributed by atoms with van der Waals surface area (Å²) in [6, 6.07) is 12.4. The molecule has 0 fully saturated rings. The van der Waals surface area contributed by atoms with Crippen LogP contribution in [-0.4, -0.2) is 16.8 Å². The van der Waals surface area contributed by atoms with Gasteiger partial charge in [0.05, 0.1) is 32.5 Å². The molecular weight excluding hydrogens is 272 g/mol. The van der Waals surface area contributed by atoms with E-state index >= 15 is 0 Å². The van der Waals surface area contributed by atoms with Crippen molar-refractivity contribution in [3.63, 3.8) is 0 Å². The predicted octanol–water partition coefficient (Wildman–Crippen LogP) is 3.10. The molecule has 0 N–H and O–H groups in total. The molecule has 0 unspecified atom stereocenters. The van der Waals surface area contributed by atoms with Gasteiger partial charge in [-0.05, 0) is 24.3 Å². The summed E-state index contributed by atoms with van der Waals surface area (Å²) in [5.41, 5.74) is 3.94. The minimum atomic E-state index is -0.286. The highest BCUT2D eigenvalue weighted by atomic mass is 32.1. The fourth-order valence-electron chi connectivity index (χ4n) is 2.40. The SMILES string of the molecule is O=C1c2cc3ncsc3cc2C(=O)N1c1ccccc1. The Morgan fingerprint density at radius 3 is 2.40 bits per heavy atom. The lowest BCUT2D eigenvalue weighted by atomic mass is 10.1. The van der Waals surface area contributed by atoms with Gasteiger partial charge in [0.15, 0.2) is 0 Å². The monoisotopic (exact) mass is 280 g/mol. The number of nitrogens with zero attached hydrogens (tertiary/aromatic N) is 2. The van der Waals surface area contributed by atoms with Crippen LogP contribution < -0.4 is 4.90 Å². The molecule has 0 aliphatic carbocycles. The molecule has 0 spiro atoms. The van der Waals surface area contributed by atoms with E-state index in [1.165, 1.54) is 16.2 Å². The molecule has 2 aromatic carbocycles. The van der Waals surface area contributed by atoms with Crippen LogP contribution in [0.3, 0.4) is 0 Å². The van der Waals surface area contributed by atoms with Crippen LogP contribution >= 0.6 is 11.3 Å². The molecule has 3 aromatic rings. The zero-order valence-electron chi connectivity index (χ0n) is 10.2. The third-order valence-electron chi connectivity index (χ3n) is 3.35. The molecule has 20 heavy (non-hydrogen) atoms. The highest BCUT2D eigenvalue weighted by molar-refractivity contribution is 7.16. The molecular formula is C15H8N2O2S. The van der Waals surface area contributed by atoms with Crippen molar-refractivity contribution in [1.82, 2.24) is 4.98 Å². The number of carbonyl (C=O) groups excluding carboxylic acids is 2. The number of fused-ring (bicyclic) bond motifs is 2. The number of aromatic nitrogens is 1. The van der Waals surface area contributed by atoms with Gasteiger partial charge >= 0.3 is 0 Å². The molecule has 1 aromatic heterocycles. The molecule has 4 nitrogen and oxygen atoms in total. The Bertz CT molecular complexity index is 805. The molecule has 0 saturated heterocycles. The Morgan fingerprint density at radius 2 is 1.65 bits per heavy atom. The van der Waals surface area contributed by atoms with Gasteiger partial charge in [0.2, 0.25) is 0 Å². The third kappa shape index (κ3) is 1.44. The molecule has 96 valence electrons. The lowest BCUT2D eigenvalue weighted by Gasteiger charge is -2.13. The average Bonchev–Trinajstić information content (AvgIpc) is 3.02. The maximum atomic E-state index is 12.5. The molecule has 5 heteroatoms. The molecule has 1 aliphatic rings. The number of rotatable bonds is 1. The molecule has 1 aliphatic heterocycles. The van der Waals surface area contributed by atoms with E-state index in [0.717, 1.165) is 10.2 Å². The maximum Gasteiger partial charge on any atom is 0.266 e. The summed E-state index contributed by atoms with van der Waals surface area (Å²) in [6.45, 7) is 0. The van der Waals surface area contributed by atoms with Gasteiger partial charge in [-0.1, -0.05) is 18.2 Å². The fraction of sp³-hybridized carbons (Fsp3) is 0. The van der Waals surface area contributed by atoms with E-state index in [0.29, 0.717) is 16.8 Å². The Kier molecular flexibility index (Phi) is 2.25. The number of amides is 2. The van der Waals surface area contributed by atoms with Gasteiger partial charge in [-0.25, -0.2) is 9.88 Å². The van der Waals surface area contributed by atoms with Crippen LogP contribution in [0.1, 0.15) is 20.7 Å². The summed E-state index contributed by atoms with van der Waals surface area (Å²) in [6.07, 6.45) is 0. The summed E-state index contributed by atoms with van der Waals surface area (Å²) in [7, 11) is 0. The normalized spacial score (nSPS) is 14.1. The molecule has 4 rings (SSSR count). The second-order valence-corrected chi connectivity index (χ2v) is 5.39. The topological polar surface area (TPSA) is 50.3 Å². The van der Waals surface area contributed by atoms with Crippen molar-refractivity contribution < 1.29 is 9.59 Å². The van der Waals surface area contributed by atoms with Crippen molar-refractivity contribution in [3.8, 4) is 0 Å². The number of hydrogen-bond donors (Lipinski definition) is 0. The van der Waals surface area contributed by atoms with Crippen molar-refractivity contribution in [2.45, 2.75) is 0 Å². The number of benzene rings is 2. The average molecular weight is 280 g/mol. The summed E-state index contributed by atoms with van der Waals surface area (Å²) < 4.78 is 0.916. The van der Waals surface area contributed by atoms with Crippen molar-refractivity contribution in [1.29, 1.82) is 0 Å². The van der Waals surface area contributed by atoms with Crippen LogP contribution in [0.2, 0.25) is 0 Å². The number of imide groups is 1. The Morgan fingerprint density at radius 1 is 0.950 bits per heavy atom. The Hall–Kier alpha value is -2.53. The predicted molar refractivity (Wildman–Crippen MR) is 77.2 cm³/mol. The Labute approximate surface area is 118 Å². The second-order valence-electron chi connectivity index (χ2n) is 4.50. The Balaban J connectivity index is 1.92. The van der Waals surface area contributed by atoms with Crippen LogP contribution in [0.25, 0.3) is 10.2 Å². The molecule has 0 radical (unpaired) electrons. The first-order chi connectivity index (χ1) is 9.75. The van der Waals surface area contributed by atoms with E-state index in [2.05, 4.69) is 4.98 Å². The largest absolute Gasteiger partial charge is 0.268 e. The molecule has 0 atom stereocenters. The lowest BCUT2D eigenvalue weighted by Crippen LogP contribution is -2.29. The van der Waals surface area contributed by atoms with E-state index < -0.39 is 0 Å². The number of thiazole rings is 1. The van der Waals surface area contributed by atoms with Crippen LogP contribution in [0.4, 0.5) is 5.69 Å². The second kappa shape index (κ2) is 3.98. The molecule has 2 heterocycles. The minimum absolute atomic E-state index is 0.272. The van der Waals surface area contributed by atoms with Gasteiger partial charge in [0.25, 0.3) is 11.8 Å². The highest BCUT2D eigenvalue weighted by Gasteiger charge is 2.37. The van der Waals surface area contributed by atoms with Crippen molar-refractivity contribution >= 4 is 39.1 Å². The van der Waals surface area contributed by atoms with Gasteiger partial charge < -0.3 is 0 Å². The minimum Gasteiger partial charge on any atom is -0.268 e. The first-order valence-electron chi connectivity index (χ1n) is 6.07. The van der Waals surface area contributed by atoms with Crippen molar-refractivity contribution in [2.24, 2.45) is 0 Å². The fourth-order valence-corrected chi connectivity index (χ4v) is 3.10. The third-order valence-corrected chi connectivity index (χ3v) is 4.14. The number of anilines is 1. The summed E-state index contributed by atoms with van der Waals surface area (Å²) in [4.78, 5) is 30.3. The standard InChI is InChI=1S/C15H8N2O2S/c18-14-10-6-12-13(20-8-16-12)7-11(10)15(19)17(14)9-4-2-1-3-5-9/h1-8H. The van der Waals surface area contributed by atoms with E-state index in [1.807, 2.05) is 6.07 Å². The van der Waals surface area contributed by atoms with Gasteiger partial charge in [-0.2, -0.15) is 0 Å². The van der Waals surface area contributed by atoms with Crippen LogP contribution in [0, 0.1) is 0 Å². The van der Waals surface area contributed by atoms with Crippen molar-refractivity contribution in [2.75, 3.05) is 4.90 Å². The van der Waals surface area contributed by atoms with Crippen LogP contribution in [0.15, 0.2) is 48.0 Å². The zero-order chi connectivity index (χ0) is 13.7. The first-order valence-corrected chi connectivity index (χ1v) is 6.95. The molecule has 2 amide bonds. The smallest absolute Gasteiger partial charge is 0.266 e. The number of para-hydroxylation sites is 1. The van der Waals surface area contributed by atoms with E-state index in [1.54, 1.807) is 41.9 Å². The molecule has 0 bridgehead atoms. The maximum absolute atomic E-state index is 12.5. The van der Waals surface area contributed by atoms with Gasteiger partial charge in [-0.3, -0.25) is 9.59 Å². The van der Waals surface area contributed by atoms with E-state index in [-0.39, 0.29) is 11.8 Å². The van der Waals surface area contributed by atoms with E-state index in [4.69, 9.17) is 0 Å². The quantitative estimate of drug-likeness (QED) is 0.644. The van der Waals surface area contributed by atoms with Gasteiger partial charge in [0.1, 0.15) is 0 Å². The van der Waals surface area contributed by atoms with E-state index in [9.17, 15) is 9.59 Å². The summed E-state index contributed by atoms with van der Waals surface area (Å²) in [5, 5.41) is 0. The van der Waals surface area contributed by atoms with Crippen LogP contribution in [-0.2, 0) is 0 Å². The molecule has 0 saturated carbocycles. The van der Waals surface area contributed by atoms with Gasteiger partial charge in [0, 0.05) is 0 Å².